The van der Waals surface area contributed by atoms with Gasteiger partial charge < -0.3 is 9.97 Å². The lowest BCUT2D eigenvalue weighted by molar-refractivity contribution is 0.655. The molecule has 0 aromatic carbocycles. The third kappa shape index (κ3) is 5.69. The summed E-state index contributed by atoms with van der Waals surface area (Å²) in [7, 11) is 0. The van der Waals surface area contributed by atoms with E-state index in [1.807, 2.05) is 49.1 Å². The minimum absolute atomic E-state index is 0.908. The summed E-state index contributed by atoms with van der Waals surface area (Å²) in [5.74, 6) is 0. The Morgan fingerprint density at radius 3 is 1.65 bits per heavy atom. The van der Waals surface area contributed by atoms with Crippen LogP contribution in [0.1, 0.15) is 37.1 Å². The van der Waals surface area contributed by atoms with Crippen molar-refractivity contribution in [3.63, 3.8) is 0 Å². The van der Waals surface area contributed by atoms with Gasteiger partial charge in [0.05, 0.1) is 11.4 Å². The molecular formula is C16H22N4. The van der Waals surface area contributed by atoms with E-state index < -0.39 is 0 Å². The highest BCUT2D eigenvalue weighted by Gasteiger charge is 1.90. The van der Waals surface area contributed by atoms with E-state index in [0.29, 0.717) is 0 Å². The van der Waals surface area contributed by atoms with E-state index in [4.69, 9.17) is 0 Å². The van der Waals surface area contributed by atoms with Gasteiger partial charge in [0.15, 0.2) is 0 Å². The van der Waals surface area contributed by atoms with Gasteiger partial charge in [0.2, 0.25) is 0 Å². The number of nitrogens with zero attached hydrogens (tertiary/aromatic N) is 2. The number of unbranched alkanes of at least 4 members (excludes halogenated alkanes) is 3. The van der Waals surface area contributed by atoms with Crippen LogP contribution in [-0.2, 0) is 0 Å². The molecule has 0 aliphatic carbocycles. The summed E-state index contributed by atoms with van der Waals surface area (Å²) in [5.41, 5.74) is 2.15. The number of H-pyrrole nitrogens is 2. The van der Waals surface area contributed by atoms with Crippen LogP contribution in [0.15, 0.2) is 46.6 Å². The van der Waals surface area contributed by atoms with Crippen molar-refractivity contribution in [1.29, 1.82) is 0 Å². The highest BCUT2D eigenvalue weighted by molar-refractivity contribution is 5.77. The van der Waals surface area contributed by atoms with Crippen LogP contribution in [-0.4, -0.2) is 35.5 Å². The Labute approximate surface area is 120 Å². The maximum absolute atomic E-state index is 4.39. The molecule has 2 rings (SSSR count). The molecule has 0 aliphatic rings. The van der Waals surface area contributed by atoms with Crippen LogP contribution in [0.4, 0.5) is 0 Å². The van der Waals surface area contributed by atoms with E-state index >= 15 is 0 Å². The largest absolute Gasteiger partial charge is 0.360 e. The topological polar surface area (TPSA) is 56.3 Å². The minimum atomic E-state index is 0.908. The van der Waals surface area contributed by atoms with E-state index in [2.05, 4.69) is 20.0 Å². The number of nitrogens with one attached hydrogen (secondary N) is 2. The molecule has 0 bridgehead atoms. The molecule has 106 valence electrons. The summed E-state index contributed by atoms with van der Waals surface area (Å²) in [5, 5.41) is 0. The van der Waals surface area contributed by atoms with Crippen molar-refractivity contribution in [2.24, 2.45) is 9.98 Å². The van der Waals surface area contributed by atoms with Crippen LogP contribution in [0.2, 0.25) is 0 Å². The van der Waals surface area contributed by atoms with Crippen molar-refractivity contribution in [3.05, 3.63) is 48.0 Å². The first-order valence-electron chi connectivity index (χ1n) is 7.21. The molecule has 4 nitrogen and oxygen atoms in total. The predicted octanol–water partition coefficient (Wildman–Crippen LogP) is 3.44. The monoisotopic (exact) mass is 270 g/mol. The third-order valence-corrected chi connectivity index (χ3v) is 3.03. The SMILES string of the molecule is C(=NCCCCCCN=Cc1ccc[nH]1)c1ccc[nH]1. The van der Waals surface area contributed by atoms with Gasteiger partial charge in [-0.05, 0) is 37.1 Å². The Bertz CT molecular complexity index is 446. The second-order valence-electron chi connectivity index (χ2n) is 4.74. The van der Waals surface area contributed by atoms with Crippen molar-refractivity contribution >= 4 is 12.4 Å². The summed E-state index contributed by atoms with van der Waals surface area (Å²) in [6, 6.07) is 8.00. The van der Waals surface area contributed by atoms with Gasteiger partial charge in [-0.15, -0.1) is 0 Å². The molecule has 0 amide bonds. The number of hydrogen-bond acceptors (Lipinski definition) is 2. The summed E-state index contributed by atoms with van der Waals surface area (Å²) in [4.78, 5) is 15.0. The normalized spacial score (nSPS) is 11.8. The van der Waals surface area contributed by atoms with Gasteiger partial charge in [0, 0.05) is 37.9 Å². The Morgan fingerprint density at radius 1 is 0.750 bits per heavy atom. The Hall–Kier alpha value is -2.10. The average molecular weight is 270 g/mol. The summed E-state index contributed by atoms with van der Waals surface area (Å²) in [6.07, 6.45) is 12.4. The standard InChI is InChI=1S/C16H22N4/c1(3-9-17-13-15-7-5-11-19-15)2-4-10-18-14-16-8-6-12-20-16/h5-8,11-14,19-20H,1-4,9-10H2. The quantitative estimate of drug-likeness (QED) is 0.518. The van der Waals surface area contributed by atoms with Crippen LogP contribution < -0.4 is 0 Å². The second-order valence-corrected chi connectivity index (χ2v) is 4.74. The average Bonchev–Trinajstić information content (AvgIpc) is 3.14. The van der Waals surface area contributed by atoms with Gasteiger partial charge in [-0.2, -0.15) is 0 Å². The lowest BCUT2D eigenvalue weighted by Gasteiger charge is -1.96. The summed E-state index contributed by atoms with van der Waals surface area (Å²) < 4.78 is 0. The zero-order chi connectivity index (χ0) is 13.9. The Morgan fingerprint density at radius 2 is 1.25 bits per heavy atom. The first-order valence-corrected chi connectivity index (χ1v) is 7.21. The number of aliphatic imine (C=N–C) groups is 2. The minimum Gasteiger partial charge on any atom is -0.360 e. The van der Waals surface area contributed by atoms with Crippen LogP contribution in [0, 0.1) is 0 Å². The van der Waals surface area contributed by atoms with Crippen LogP contribution in [0.3, 0.4) is 0 Å². The van der Waals surface area contributed by atoms with Crippen LogP contribution >= 0.6 is 0 Å². The molecule has 2 N–H and O–H groups in total. The summed E-state index contributed by atoms with van der Waals surface area (Å²) in [6.45, 7) is 1.82. The van der Waals surface area contributed by atoms with Crippen molar-refractivity contribution < 1.29 is 0 Å². The molecule has 0 radical (unpaired) electrons. The number of rotatable bonds is 9. The molecule has 0 atom stereocenters. The smallest absolute Gasteiger partial charge is 0.0561 e. The molecule has 2 aromatic rings. The van der Waals surface area contributed by atoms with Gasteiger partial charge >= 0.3 is 0 Å². The fourth-order valence-electron chi connectivity index (χ4n) is 1.93. The van der Waals surface area contributed by atoms with Gasteiger partial charge in [-0.1, -0.05) is 12.8 Å². The highest BCUT2D eigenvalue weighted by Crippen LogP contribution is 2.01. The number of aromatic amines is 2. The van der Waals surface area contributed by atoms with Crippen LogP contribution in [0.5, 0.6) is 0 Å². The number of aromatic nitrogens is 2. The van der Waals surface area contributed by atoms with Gasteiger partial charge in [-0.25, -0.2) is 0 Å². The van der Waals surface area contributed by atoms with E-state index in [0.717, 1.165) is 37.3 Å². The zero-order valence-electron chi connectivity index (χ0n) is 11.8. The van der Waals surface area contributed by atoms with E-state index in [9.17, 15) is 0 Å². The first-order chi connectivity index (χ1) is 9.95. The molecule has 4 heteroatoms. The maximum Gasteiger partial charge on any atom is 0.0561 e. The molecule has 0 fully saturated rings. The Balaban J connectivity index is 1.44. The molecule has 2 aromatic heterocycles. The molecule has 2 heterocycles. The first kappa shape index (κ1) is 14.3. The van der Waals surface area contributed by atoms with Crippen molar-refractivity contribution in [2.45, 2.75) is 25.7 Å². The molecule has 0 saturated heterocycles. The third-order valence-electron chi connectivity index (χ3n) is 3.03. The Kier molecular flexibility index (Phi) is 6.37. The van der Waals surface area contributed by atoms with E-state index in [1.54, 1.807) is 0 Å². The van der Waals surface area contributed by atoms with Gasteiger partial charge in [-0.3, -0.25) is 9.98 Å². The lowest BCUT2D eigenvalue weighted by Crippen LogP contribution is -1.88. The van der Waals surface area contributed by atoms with Crippen molar-refractivity contribution in [3.8, 4) is 0 Å². The van der Waals surface area contributed by atoms with Gasteiger partial charge in [0.1, 0.15) is 0 Å². The molecule has 0 saturated carbocycles. The van der Waals surface area contributed by atoms with E-state index in [1.165, 1.54) is 12.8 Å². The van der Waals surface area contributed by atoms with Crippen molar-refractivity contribution in [1.82, 2.24) is 9.97 Å². The molecule has 0 unspecified atom stereocenters. The molecule has 0 spiro atoms. The predicted molar refractivity (Wildman–Crippen MR) is 85.0 cm³/mol. The molecular weight excluding hydrogens is 248 g/mol. The fourth-order valence-corrected chi connectivity index (χ4v) is 1.93. The summed E-state index contributed by atoms with van der Waals surface area (Å²) >= 11 is 0. The maximum atomic E-state index is 4.39. The lowest BCUT2D eigenvalue weighted by atomic mass is 10.2. The highest BCUT2D eigenvalue weighted by atomic mass is 14.8. The van der Waals surface area contributed by atoms with Crippen LogP contribution in [0.25, 0.3) is 0 Å². The molecule has 20 heavy (non-hydrogen) atoms. The van der Waals surface area contributed by atoms with E-state index in [-0.39, 0.29) is 0 Å². The van der Waals surface area contributed by atoms with Gasteiger partial charge in [0.25, 0.3) is 0 Å². The fraction of sp³-hybridized carbons (Fsp3) is 0.375. The second kappa shape index (κ2) is 8.91. The number of hydrogen-bond donors (Lipinski definition) is 2. The zero-order valence-corrected chi connectivity index (χ0v) is 11.8. The van der Waals surface area contributed by atoms with Crippen molar-refractivity contribution in [2.75, 3.05) is 13.1 Å². The molecule has 0 aliphatic heterocycles.